The number of thioether (sulfide) groups is 1. The van der Waals surface area contributed by atoms with E-state index in [-0.39, 0.29) is 16.9 Å². The van der Waals surface area contributed by atoms with E-state index in [1.165, 1.54) is 22.7 Å². The van der Waals surface area contributed by atoms with Gasteiger partial charge in [0, 0.05) is 5.69 Å². The summed E-state index contributed by atoms with van der Waals surface area (Å²) >= 11 is 1.12. The van der Waals surface area contributed by atoms with Crippen molar-refractivity contribution in [3.63, 3.8) is 0 Å². The molecule has 32 heavy (non-hydrogen) atoms. The number of hydrogen-bond acceptors (Lipinski definition) is 7. The first-order valence-electron chi connectivity index (χ1n) is 10.3. The number of hydrogen-bond donors (Lipinski definition) is 1. The Hall–Kier alpha value is -3.07. The topological polar surface area (TPSA) is 99.2 Å². The summed E-state index contributed by atoms with van der Waals surface area (Å²) in [6, 6.07) is 9.43. The Morgan fingerprint density at radius 2 is 1.78 bits per heavy atom. The van der Waals surface area contributed by atoms with Gasteiger partial charge in [-0.3, -0.25) is 4.79 Å². The summed E-state index contributed by atoms with van der Waals surface area (Å²) in [6.07, 6.45) is 2.32. The van der Waals surface area contributed by atoms with Gasteiger partial charge in [-0.15, -0.1) is 10.2 Å². The first-order chi connectivity index (χ1) is 15.0. The summed E-state index contributed by atoms with van der Waals surface area (Å²) in [5, 5.41) is 10.9. The molecule has 0 aliphatic carbocycles. The predicted octanol–water partition coefficient (Wildman–Crippen LogP) is 5.56. The smallest absolute Gasteiger partial charge is 0.422 e. The number of benzene rings is 1. The van der Waals surface area contributed by atoms with Crippen LogP contribution in [0.3, 0.4) is 0 Å². The van der Waals surface area contributed by atoms with Crippen LogP contribution in [0.5, 0.6) is 0 Å². The summed E-state index contributed by atoms with van der Waals surface area (Å²) < 4.78 is 11.9. The molecule has 2 aromatic heterocycles. The van der Waals surface area contributed by atoms with Crippen LogP contribution in [0.4, 0.5) is 10.5 Å². The number of aromatic nitrogens is 3. The number of anilines is 1. The monoisotopic (exact) mass is 456 g/mol. The normalized spacial score (nSPS) is 12.6. The maximum Gasteiger partial charge on any atom is 0.422 e. The fourth-order valence-corrected chi connectivity index (χ4v) is 3.64. The van der Waals surface area contributed by atoms with Crippen LogP contribution < -0.4 is 5.32 Å². The minimum absolute atomic E-state index is 0.212. The number of carbonyl (C=O) groups excluding carboxylic acids is 2. The lowest BCUT2D eigenvalue weighted by atomic mass is 10.0. The number of ether oxygens (including phenoxy) is 1. The molecule has 9 heteroatoms. The highest BCUT2D eigenvalue weighted by atomic mass is 32.2. The third kappa shape index (κ3) is 5.79. The van der Waals surface area contributed by atoms with Gasteiger partial charge in [0.05, 0.1) is 17.1 Å². The Morgan fingerprint density at radius 1 is 1.09 bits per heavy atom. The molecule has 2 heterocycles. The van der Waals surface area contributed by atoms with E-state index in [4.69, 9.17) is 9.15 Å². The highest BCUT2D eigenvalue weighted by molar-refractivity contribution is 8.00. The van der Waals surface area contributed by atoms with Gasteiger partial charge in [0.25, 0.3) is 0 Å². The number of rotatable bonds is 6. The van der Waals surface area contributed by atoms with E-state index in [0.29, 0.717) is 17.2 Å². The van der Waals surface area contributed by atoms with Crippen LogP contribution in [0.1, 0.15) is 53.0 Å². The third-order valence-electron chi connectivity index (χ3n) is 4.49. The Morgan fingerprint density at radius 3 is 2.34 bits per heavy atom. The van der Waals surface area contributed by atoms with Crippen LogP contribution >= 0.6 is 11.8 Å². The van der Waals surface area contributed by atoms with E-state index in [2.05, 4.69) is 29.4 Å². The molecular formula is C23H28N4O4S. The molecule has 1 N–H and O–H groups in total. The van der Waals surface area contributed by atoms with Crippen molar-refractivity contribution in [3.05, 3.63) is 48.4 Å². The van der Waals surface area contributed by atoms with E-state index in [1.54, 1.807) is 33.8 Å². The van der Waals surface area contributed by atoms with Crippen molar-refractivity contribution in [1.82, 2.24) is 14.8 Å². The Labute approximate surface area is 191 Å². The molecule has 8 nitrogen and oxygen atoms in total. The van der Waals surface area contributed by atoms with E-state index < -0.39 is 16.9 Å². The quantitative estimate of drug-likeness (QED) is 0.484. The van der Waals surface area contributed by atoms with Crippen LogP contribution in [0.15, 0.2) is 52.4 Å². The number of nitrogens with zero attached hydrogens (tertiary/aromatic N) is 3. The van der Waals surface area contributed by atoms with Gasteiger partial charge in [-0.2, -0.15) is 0 Å². The molecule has 0 fully saturated rings. The van der Waals surface area contributed by atoms with E-state index in [9.17, 15) is 9.59 Å². The van der Waals surface area contributed by atoms with Crippen molar-refractivity contribution in [2.24, 2.45) is 0 Å². The maximum absolute atomic E-state index is 12.9. The van der Waals surface area contributed by atoms with E-state index >= 15 is 0 Å². The lowest BCUT2D eigenvalue weighted by Gasteiger charge is -2.20. The summed E-state index contributed by atoms with van der Waals surface area (Å²) in [4.78, 5) is 25.7. The second-order valence-corrected chi connectivity index (χ2v) is 9.97. The molecule has 0 radical (unpaired) electrons. The fraction of sp³-hybridized carbons (Fsp3) is 0.391. The summed E-state index contributed by atoms with van der Waals surface area (Å²) in [5.74, 6) is 0.487. The zero-order valence-electron chi connectivity index (χ0n) is 19.1. The van der Waals surface area contributed by atoms with Crippen LogP contribution in [-0.4, -0.2) is 37.6 Å². The zero-order valence-corrected chi connectivity index (χ0v) is 19.9. The molecule has 3 rings (SSSR count). The second kappa shape index (κ2) is 9.60. The SMILES string of the molecule is CC(Sc1nnc(-c2ccoc2)n1C(=O)OC(C)(C)C)C(=O)Nc1ccc(C(C)C)cc1. The van der Waals surface area contributed by atoms with Gasteiger partial charge >= 0.3 is 6.09 Å². The minimum atomic E-state index is -0.706. The largest absolute Gasteiger partial charge is 0.472 e. The predicted molar refractivity (Wildman–Crippen MR) is 124 cm³/mol. The van der Waals surface area contributed by atoms with Crippen molar-refractivity contribution >= 4 is 29.4 Å². The highest BCUT2D eigenvalue weighted by Gasteiger charge is 2.28. The van der Waals surface area contributed by atoms with Gasteiger partial charge < -0.3 is 14.5 Å². The maximum atomic E-state index is 12.9. The molecule has 3 aromatic rings. The van der Waals surface area contributed by atoms with Gasteiger partial charge in [-0.05, 0) is 57.4 Å². The third-order valence-corrected chi connectivity index (χ3v) is 5.53. The summed E-state index contributed by atoms with van der Waals surface area (Å²) in [6.45, 7) is 11.3. The molecule has 0 bridgehead atoms. The molecular weight excluding hydrogens is 428 g/mol. The molecule has 1 aromatic carbocycles. The molecule has 170 valence electrons. The molecule has 0 aliphatic rings. The number of nitrogens with one attached hydrogen (secondary N) is 1. The Balaban J connectivity index is 1.79. The van der Waals surface area contributed by atoms with Gasteiger partial charge in [0.1, 0.15) is 11.9 Å². The lowest BCUT2D eigenvalue weighted by molar-refractivity contribution is -0.115. The van der Waals surface area contributed by atoms with Crippen molar-refractivity contribution in [2.75, 3.05) is 5.32 Å². The molecule has 0 aliphatic heterocycles. The molecule has 1 amide bonds. The van der Waals surface area contributed by atoms with Gasteiger partial charge in [-0.25, -0.2) is 9.36 Å². The van der Waals surface area contributed by atoms with Crippen molar-refractivity contribution < 1.29 is 18.7 Å². The van der Waals surface area contributed by atoms with E-state index in [0.717, 1.165) is 11.8 Å². The fourth-order valence-electron chi connectivity index (χ4n) is 2.80. The Kier molecular flexibility index (Phi) is 7.08. The molecule has 1 atom stereocenters. The second-order valence-electron chi connectivity index (χ2n) is 8.66. The number of carbonyl (C=O) groups is 2. The summed E-state index contributed by atoms with van der Waals surface area (Å²) in [5.41, 5.74) is 1.78. The van der Waals surface area contributed by atoms with Crippen LogP contribution in [0.25, 0.3) is 11.4 Å². The average Bonchev–Trinajstić information content (AvgIpc) is 3.36. The number of amides is 1. The van der Waals surface area contributed by atoms with Crippen molar-refractivity contribution in [1.29, 1.82) is 0 Å². The van der Waals surface area contributed by atoms with Gasteiger partial charge in [-0.1, -0.05) is 37.7 Å². The van der Waals surface area contributed by atoms with E-state index in [1.807, 2.05) is 24.3 Å². The zero-order chi connectivity index (χ0) is 23.5. The molecule has 0 spiro atoms. The molecule has 0 saturated heterocycles. The summed E-state index contributed by atoms with van der Waals surface area (Å²) in [7, 11) is 0. The number of furan rings is 1. The first-order valence-corrected chi connectivity index (χ1v) is 11.2. The average molecular weight is 457 g/mol. The minimum Gasteiger partial charge on any atom is -0.472 e. The first kappa shape index (κ1) is 23.6. The van der Waals surface area contributed by atoms with Crippen LogP contribution in [-0.2, 0) is 9.53 Å². The van der Waals surface area contributed by atoms with Crippen molar-refractivity contribution in [2.45, 2.75) is 63.5 Å². The van der Waals surface area contributed by atoms with Crippen molar-refractivity contribution in [3.8, 4) is 11.4 Å². The highest BCUT2D eigenvalue weighted by Crippen LogP contribution is 2.29. The lowest BCUT2D eigenvalue weighted by Crippen LogP contribution is -2.28. The molecule has 0 saturated carbocycles. The standard InChI is InChI=1S/C23H28N4O4S/c1-14(2)16-7-9-18(10-8-16)24-20(28)15(3)32-21-26-25-19(17-11-12-30-13-17)27(21)22(29)31-23(4,5)6/h7-15H,1-6H3,(H,24,28). The van der Waals surface area contributed by atoms with Gasteiger partial charge in [0.2, 0.25) is 11.1 Å². The van der Waals surface area contributed by atoms with Crippen LogP contribution in [0, 0.1) is 0 Å². The molecule has 1 unspecified atom stereocenters. The Bertz CT molecular complexity index is 1070. The van der Waals surface area contributed by atoms with Gasteiger partial charge in [0.15, 0.2) is 5.82 Å². The van der Waals surface area contributed by atoms with Crippen LogP contribution in [0.2, 0.25) is 0 Å².